The maximum atomic E-state index is 5.13. The van der Waals surface area contributed by atoms with Crippen molar-refractivity contribution in [1.82, 2.24) is 0 Å². The van der Waals surface area contributed by atoms with Crippen LogP contribution in [0.2, 0.25) is 0 Å². The van der Waals surface area contributed by atoms with Gasteiger partial charge in [-0.3, -0.25) is 0 Å². The van der Waals surface area contributed by atoms with Crippen LogP contribution in [-0.4, -0.2) is 19.1 Å². The fraction of sp³-hybridized carbons (Fsp3) is 0.400. The molecule has 0 heterocycles. The van der Waals surface area contributed by atoms with Gasteiger partial charge in [0.05, 0.1) is 7.11 Å². The van der Waals surface area contributed by atoms with Crippen LogP contribution in [-0.2, 0) is 6.42 Å². The van der Waals surface area contributed by atoms with E-state index in [0.29, 0.717) is 0 Å². The number of ether oxygens (including phenoxy) is 1. The normalized spacial score (nSPS) is 9.83. The molecule has 0 radical (unpaired) electrons. The van der Waals surface area contributed by atoms with Gasteiger partial charge in [-0.25, -0.2) is 0 Å². The zero-order valence-electron chi connectivity index (χ0n) is 7.54. The van der Waals surface area contributed by atoms with Gasteiger partial charge in [-0.15, -0.1) is 0 Å². The molecule has 0 aliphatic rings. The largest absolute Gasteiger partial charge is 0.497 e. The molecule has 1 rings (SSSR count). The lowest BCUT2D eigenvalue weighted by Gasteiger charge is -2.02. The summed E-state index contributed by atoms with van der Waals surface area (Å²) in [6.07, 6.45) is 3.25. The lowest BCUT2D eigenvalue weighted by atomic mass is 10.2. The molecular formula is C10H14OS. The van der Waals surface area contributed by atoms with Crippen LogP contribution >= 0.6 is 11.8 Å². The van der Waals surface area contributed by atoms with Crippen LogP contribution in [0.3, 0.4) is 0 Å². The smallest absolute Gasteiger partial charge is 0.119 e. The number of rotatable bonds is 4. The Morgan fingerprint density at radius 2 is 2.25 bits per heavy atom. The molecule has 0 N–H and O–H groups in total. The topological polar surface area (TPSA) is 9.23 Å². The van der Waals surface area contributed by atoms with Gasteiger partial charge in [0.1, 0.15) is 5.75 Å². The van der Waals surface area contributed by atoms with Crippen molar-refractivity contribution in [2.45, 2.75) is 6.42 Å². The Hall–Kier alpha value is -0.630. The van der Waals surface area contributed by atoms with Crippen molar-refractivity contribution in [3.8, 4) is 5.75 Å². The lowest BCUT2D eigenvalue weighted by molar-refractivity contribution is 0.414. The van der Waals surface area contributed by atoms with E-state index in [4.69, 9.17) is 4.74 Å². The summed E-state index contributed by atoms with van der Waals surface area (Å²) in [5.74, 6) is 2.13. The van der Waals surface area contributed by atoms with Gasteiger partial charge in [-0.1, -0.05) is 12.1 Å². The number of hydrogen-bond acceptors (Lipinski definition) is 2. The average molecular weight is 182 g/mol. The Morgan fingerprint density at radius 1 is 1.42 bits per heavy atom. The summed E-state index contributed by atoms with van der Waals surface area (Å²) in [5.41, 5.74) is 1.35. The summed E-state index contributed by atoms with van der Waals surface area (Å²) < 4.78 is 5.13. The minimum absolute atomic E-state index is 0.952. The number of benzene rings is 1. The minimum Gasteiger partial charge on any atom is -0.497 e. The van der Waals surface area contributed by atoms with E-state index in [1.165, 1.54) is 11.3 Å². The van der Waals surface area contributed by atoms with E-state index >= 15 is 0 Å². The van der Waals surface area contributed by atoms with Gasteiger partial charge in [-0.2, -0.15) is 11.8 Å². The van der Waals surface area contributed by atoms with Crippen molar-refractivity contribution in [2.75, 3.05) is 19.1 Å². The molecule has 1 aromatic rings. The number of aryl methyl sites for hydroxylation is 1. The van der Waals surface area contributed by atoms with Crippen molar-refractivity contribution in [3.63, 3.8) is 0 Å². The predicted octanol–water partition coefficient (Wildman–Crippen LogP) is 2.60. The van der Waals surface area contributed by atoms with Gasteiger partial charge in [0.2, 0.25) is 0 Å². The Morgan fingerprint density at radius 3 is 2.92 bits per heavy atom. The van der Waals surface area contributed by atoms with Crippen LogP contribution in [0.5, 0.6) is 5.75 Å². The monoisotopic (exact) mass is 182 g/mol. The highest BCUT2D eigenvalue weighted by atomic mass is 32.2. The molecule has 0 spiro atoms. The zero-order valence-corrected chi connectivity index (χ0v) is 8.36. The van der Waals surface area contributed by atoms with E-state index in [1.54, 1.807) is 7.11 Å². The minimum atomic E-state index is 0.952. The molecule has 1 nitrogen and oxygen atoms in total. The van der Waals surface area contributed by atoms with Crippen LogP contribution in [0.4, 0.5) is 0 Å². The third-order valence-corrected chi connectivity index (χ3v) is 2.34. The standard InChI is InChI=1S/C10H14OS/c1-11-10-5-3-4-9(8-10)6-7-12-2/h3-5,8H,6-7H2,1-2H3. The maximum absolute atomic E-state index is 5.13. The van der Waals surface area contributed by atoms with E-state index in [0.717, 1.165) is 12.2 Å². The molecule has 0 bridgehead atoms. The Kier molecular flexibility index (Phi) is 4.01. The van der Waals surface area contributed by atoms with Crippen LogP contribution in [0.1, 0.15) is 5.56 Å². The highest BCUT2D eigenvalue weighted by Crippen LogP contribution is 2.13. The van der Waals surface area contributed by atoms with Gasteiger partial charge in [0.25, 0.3) is 0 Å². The van der Waals surface area contributed by atoms with E-state index in [9.17, 15) is 0 Å². The molecule has 0 saturated carbocycles. The molecule has 0 atom stereocenters. The van der Waals surface area contributed by atoms with Crippen LogP contribution in [0, 0.1) is 0 Å². The van der Waals surface area contributed by atoms with Crippen molar-refractivity contribution in [2.24, 2.45) is 0 Å². The molecule has 66 valence electrons. The van der Waals surface area contributed by atoms with E-state index in [-0.39, 0.29) is 0 Å². The van der Waals surface area contributed by atoms with Crippen molar-refractivity contribution < 1.29 is 4.74 Å². The van der Waals surface area contributed by atoms with Gasteiger partial charge in [0.15, 0.2) is 0 Å². The van der Waals surface area contributed by atoms with Crippen molar-refractivity contribution >= 4 is 11.8 Å². The molecule has 12 heavy (non-hydrogen) atoms. The predicted molar refractivity (Wildman–Crippen MR) is 55.1 cm³/mol. The average Bonchev–Trinajstić information content (AvgIpc) is 2.15. The van der Waals surface area contributed by atoms with Gasteiger partial charge < -0.3 is 4.74 Å². The summed E-state index contributed by atoms with van der Waals surface area (Å²) in [5, 5.41) is 0. The van der Waals surface area contributed by atoms with Crippen LogP contribution in [0.15, 0.2) is 24.3 Å². The highest BCUT2D eigenvalue weighted by molar-refractivity contribution is 7.98. The van der Waals surface area contributed by atoms with Crippen molar-refractivity contribution in [1.29, 1.82) is 0 Å². The summed E-state index contributed by atoms with van der Waals surface area (Å²) >= 11 is 1.87. The van der Waals surface area contributed by atoms with Gasteiger partial charge in [-0.05, 0) is 36.1 Å². The zero-order chi connectivity index (χ0) is 8.81. The Labute approximate surface area is 78.1 Å². The summed E-state index contributed by atoms with van der Waals surface area (Å²) in [4.78, 5) is 0. The fourth-order valence-electron chi connectivity index (χ4n) is 1.05. The molecule has 0 unspecified atom stereocenters. The summed E-state index contributed by atoms with van der Waals surface area (Å²) in [6, 6.07) is 8.24. The molecule has 0 aliphatic carbocycles. The second-order valence-corrected chi connectivity index (χ2v) is 3.58. The quantitative estimate of drug-likeness (QED) is 0.708. The molecule has 0 fully saturated rings. The lowest BCUT2D eigenvalue weighted by Crippen LogP contribution is -1.89. The van der Waals surface area contributed by atoms with E-state index < -0.39 is 0 Å². The Balaban J connectivity index is 2.60. The first-order valence-electron chi connectivity index (χ1n) is 3.98. The molecular weight excluding hydrogens is 168 g/mol. The van der Waals surface area contributed by atoms with Crippen LogP contribution in [0.25, 0.3) is 0 Å². The third-order valence-electron chi connectivity index (χ3n) is 1.73. The molecule has 2 heteroatoms. The van der Waals surface area contributed by atoms with Crippen molar-refractivity contribution in [3.05, 3.63) is 29.8 Å². The molecule has 0 amide bonds. The highest BCUT2D eigenvalue weighted by Gasteiger charge is 1.94. The summed E-state index contributed by atoms with van der Waals surface area (Å²) in [7, 11) is 1.70. The van der Waals surface area contributed by atoms with Gasteiger partial charge in [0, 0.05) is 0 Å². The number of thioether (sulfide) groups is 1. The third kappa shape index (κ3) is 2.78. The van der Waals surface area contributed by atoms with E-state index in [1.807, 2.05) is 23.9 Å². The second-order valence-electron chi connectivity index (χ2n) is 2.59. The molecule has 0 saturated heterocycles. The first kappa shape index (κ1) is 9.46. The molecule has 1 aromatic carbocycles. The first-order chi connectivity index (χ1) is 5.86. The number of hydrogen-bond donors (Lipinski definition) is 0. The Bertz CT molecular complexity index is 235. The fourth-order valence-corrected chi connectivity index (χ4v) is 1.49. The molecule has 0 aliphatic heterocycles. The van der Waals surface area contributed by atoms with Gasteiger partial charge >= 0.3 is 0 Å². The first-order valence-corrected chi connectivity index (χ1v) is 5.38. The number of methoxy groups -OCH3 is 1. The maximum Gasteiger partial charge on any atom is 0.119 e. The van der Waals surface area contributed by atoms with E-state index in [2.05, 4.69) is 18.4 Å². The molecule has 0 aromatic heterocycles. The SMILES string of the molecule is COc1cccc(CCSC)c1. The van der Waals surface area contributed by atoms with Crippen LogP contribution < -0.4 is 4.74 Å². The second kappa shape index (κ2) is 5.09. The summed E-state index contributed by atoms with van der Waals surface area (Å²) in [6.45, 7) is 0.